The second-order valence-corrected chi connectivity index (χ2v) is 6.70. The Morgan fingerprint density at radius 2 is 2.11 bits per heavy atom. The van der Waals surface area contributed by atoms with Crippen LogP contribution in [0.2, 0.25) is 5.02 Å². The summed E-state index contributed by atoms with van der Waals surface area (Å²) < 4.78 is 0. The molecule has 0 unspecified atom stereocenters. The Kier molecular flexibility index (Phi) is 5.49. The Balaban J connectivity index is 1.94. The van der Waals surface area contributed by atoms with Crippen molar-refractivity contribution in [2.45, 2.75) is 57.7 Å². The molecule has 2 rings (SSSR count). The molecule has 0 spiro atoms. The molecule has 1 heterocycles. The predicted octanol–water partition coefficient (Wildman–Crippen LogP) is 3.88. The Labute approximate surface area is 119 Å². The maximum Gasteiger partial charge on any atom is 0.0516 e. The summed E-state index contributed by atoms with van der Waals surface area (Å²) in [5, 5.41) is 2.90. The lowest BCUT2D eigenvalue weighted by Gasteiger charge is -2.35. The lowest BCUT2D eigenvalue weighted by atomic mass is 9.90. The fourth-order valence-corrected chi connectivity index (χ4v) is 3.88. The first kappa shape index (κ1) is 14.3. The molecule has 0 aromatic carbocycles. The van der Waals surface area contributed by atoms with Gasteiger partial charge in [-0.3, -0.25) is 4.90 Å². The van der Waals surface area contributed by atoms with Crippen LogP contribution in [-0.2, 0) is 6.54 Å². The Hall–Kier alpha value is -0.0900. The largest absolute Gasteiger partial charge is 0.328 e. The number of halogens is 1. The summed E-state index contributed by atoms with van der Waals surface area (Å²) in [6.07, 6.45) is 6.06. The maximum atomic E-state index is 6.00. The summed E-state index contributed by atoms with van der Waals surface area (Å²) in [7, 11) is 0. The van der Waals surface area contributed by atoms with Gasteiger partial charge in [-0.15, -0.1) is 11.3 Å². The van der Waals surface area contributed by atoms with Gasteiger partial charge in [0, 0.05) is 28.9 Å². The molecule has 2 N–H and O–H groups in total. The van der Waals surface area contributed by atoms with Gasteiger partial charge in [0.1, 0.15) is 0 Å². The van der Waals surface area contributed by atoms with Gasteiger partial charge >= 0.3 is 0 Å². The van der Waals surface area contributed by atoms with E-state index in [1.165, 1.54) is 43.5 Å². The van der Waals surface area contributed by atoms with Crippen LogP contribution >= 0.6 is 22.9 Å². The standard InChI is InChI=1S/C14H23ClN2S/c1-2-7-17(9-14-8-11(15)10-18-14)13-5-3-12(16)4-6-13/h8,10,12-13H,2-7,9,16H2,1H3. The third kappa shape index (κ3) is 3.95. The monoisotopic (exact) mass is 286 g/mol. The Bertz CT molecular complexity index is 358. The van der Waals surface area contributed by atoms with Crippen LogP contribution in [0, 0.1) is 0 Å². The first-order chi connectivity index (χ1) is 8.69. The molecule has 18 heavy (non-hydrogen) atoms. The highest BCUT2D eigenvalue weighted by Gasteiger charge is 2.24. The fraction of sp³-hybridized carbons (Fsp3) is 0.714. The highest BCUT2D eigenvalue weighted by atomic mass is 35.5. The molecule has 0 aliphatic heterocycles. The van der Waals surface area contributed by atoms with Crippen LogP contribution in [0.4, 0.5) is 0 Å². The zero-order valence-electron chi connectivity index (χ0n) is 11.1. The van der Waals surface area contributed by atoms with Gasteiger partial charge in [0.25, 0.3) is 0 Å². The summed E-state index contributed by atoms with van der Waals surface area (Å²) in [6.45, 7) is 4.48. The lowest BCUT2D eigenvalue weighted by Crippen LogP contribution is -2.40. The van der Waals surface area contributed by atoms with Gasteiger partial charge < -0.3 is 5.73 Å². The molecule has 1 aliphatic rings. The molecule has 1 fully saturated rings. The third-order valence-corrected chi connectivity index (χ3v) is 5.02. The molecule has 0 amide bonds. The minimum atomic E-state index is 0.431. The van der Waals surface area contributed by atoms with Crippen LogP contribution < -0.4 is 5.73 Å². The summed E-state index contributed by atoms with van der Waals surface area (Å²) in [6, 6.07) is 3.25. The summed E-state index contributed by atoms with van der Waals surface area (Å²) in [4.78, 5) is 4.00. The average molecular weight is 287 g/mol. The Morgan fingerprint density at radius 3 is 2.67 bits per heavy atom. The molecule has 1 saturated carbocycles. The smallest absolute Gasteiger partial charge is 0.0516 e. The van der Waals surface area contributed by atoms with Gasteiger partial charge in [0.05, 0.1) is 5.02 Å². The zero-order valence-corrected chi connectivity index (χ0v) is 12.6. The van der Waals surface area contributed by atoms with Crippen molar-refractivity contribution in [3.05, 3.63) is 21.3 Å². The number of rotatable bonds is 5. The number of hydrogen-bond donors (Lipinski definition) is 1. The number of nitrogens with zero attached hydrogens (tertiary/aromatic N) is 1. The first-order valence-electron chi connectivity index (χ1n) is 6.91. The predicted molar refractivity (Wildman–Crippen MR) is 80.3 cm³/mol. The molecule has 1 aromatic rings. The van der Waals surface area contributed by atoms with Crippen molar-refractivity contribution >= 4 is 22.9 Å². The maximum absolute atomic E-state index is 6.00. The van der Waals surface area contributed by atoms with Gasteiger partial charge in [-0.25, -0.2) is 0 Å². The van der Waals surface area contributed by atoms with Crippen molar-refractivity contribution in [2.75, 3.05) is 6.54 Å². The van der Waals surface area contributed by atoms with Gasteiger partial charge in [-0.05, 0) is 44.7 Å². The van der Waals surface area contributed by atoms with Crippen LogP contribution in [0.25, 0.3) is 0 Å². The summed E-state index contributed by atoms with van der Waals surface area (Å²) in [5.41, 5.74) is 5.99. The van der Waals surface area contributed by atoms with E-state index >= 15 is 0 Å². The number of hydrogen-bond acceptors (Lipinski definition) is 3. The summed E-state index contributed by atoms with van der Waals surface area (Å²) >= 11 is 7.77. The van der Waals surface area contributed by atoms with E-state index in [4.69, 9.17) is 17.3 Å². The van der Waals surface area contributed by atoms with Crippen molar-refractivity contribution in [3.63, 3.8) is 0 Å². The van der Waals surface area contributed by atoms with Gasteiger partial charge in [0.15, 0.2) is 0 Å². The molecule has 102 valence electrons. The molecule has 2 nitrogen and oxygen atoms in total. The zero-order chi connectivity index (χ0) is 13.0. The SMILES string of the molecule is CCCN(Cc1cc(Cl)cs1)C1CCC(N)CC1. The second-order valence-electron chi connectivity index (χ2n) is 5.27. The minimum Gasteiger partial charge on any atom is -0.328 e. The average Bonchev–Trinajstić information content (AvgIpc) is 2.75. The normalized spacial score (nSPS) is 24.7. The fourth-order valence-electron chi connectivity index (χ4n) is 2.78. The van der Waals surface area contributed by atoms with Crippen LogP contribution in [-0.4, -0.2) is 23.5 Å². The molecule has 1 aromatic heterocycles. The van der Waals surface area contributed by atoms with Crippen LogP contribution in [0.1, 0.15) is 43.9 Å². The highest BCUT2D eigenvalue weighted by molar-refractivity contribution is 7.10. The molecule has 0 saturated heterocycles. The van der Waals surface area contributed by atoms with Crippen molar-refractivity contribution in [2.24, 2.45) is 5.73 Å². The van der Waals surface area contributed by atoms with Gasteiger partial charge in [-0.2, -0.15) is 0 Å². The quantitative estimate of drug-likeness (QED) is 0.890. The lowest BCUT2D eigenvalue weighted by molar-refractivity contribution is 0.143. The van der Waals surface area contributed by atoms with Crippen molar-refractivity contribution in [3.8, 4) is 0 Å². The molecule has 1 aliphatic carbocycles. The third-order valence-electron chi connectivity index (χ3n) is 3.75. The minimum absolute atomic E-state index is 0.431. The van der Waals surface area contributed by atoms with Gasteiger partial charge in [-0.1, -0.05) is 18.5 Å². The van der Waals surface area contributed by atoms with Crippen LogP contribution in [0.15, 0.2) is 11.4 Å². The van der Waals surface area contributed by atoms with E-state index in [9.17, 15) is 0 Å². The van der Waals surface area contributed by atoms with Crippen molar-refractivity contribution < 1.29 is 0 Å². The van der Waals surface area contributed by atoms with E-state index in [-0.39, 0.29) is 0 Å². The van der Waals surface area contributed by atoms with Crippen LogP contribution in [0.5, 0.6) is 0 Å². The van der Waals surface area contributed by atoms with E-state index in [0.29, 0.717) is 12.1 Å². The van der Waals surface area contributed by atoms with Crippen molar-refractivity contribution in [1.82, 2.24) is 4.90 Å². The van der Waals surface area contributed by atoms with E-state index in [1.54, 1.807) is 11.3 Å². The second kappa shape index (κ2) is 6.90. The van der Waals surface area contributed by atoms with E-state index < -0.39 is 0 Å². The van der Waals surface area contributed by atoms with Gasteiger partial charge in [0.2, 0.25) is 0 Å². The molecule has 4 heteroatoms. The molecule has 0 atom stereocenters. The number of nitrogens with two attached hydrogens (primary N) is 1. The topological polar surface area (TPSA) is 29.3 Å². The molecule has 0 bridgehead atoms. The Morgan fingerprint density at radius 1 is 1.39 bits per heavy atom. The molecular weight excluding hydrogens is 264 g/mol. The summed E-state index contributed by atoms with van der Waals surface area (Å²) in [5.74, 6) is 0. The molecular formula is C14H23ClN2S. The first-order valence-corrected chi connectivity index (χ1v) is 8.17. The highest BCUT2D eigenvalue weighted by Crippen LogP contribution is 2.26. The van der Waals surface area contributed by atoms with E-state index in [1.807, 2.05) is 5.38 Å². The van der Waals surface area contributed by atoms with Crippen molar-refractivity contribution in [1.29, 1.82) is 0 Å². The molecule has 0 radical (unpaired) electrons. The van der Waals surface area contributed by atoms with E-state index in [2.05, 4.69) is 17.9 Å². The van der Waals surface area contributed by atoms with Crippen LogP contribution in [0.3, 0.4) is 0 Å². The van der Waals surface area contributed by atoms with E-state index in [0.717, 1.165) is 11.6 Å². The number of thiophene rings is 1.